The van der Waals surface area contributed by atoms with Crippen molar-refractivity contribution in [2.75, 3.05) is 0 Å². The molecular formula is C8H10BrNOS2. The molecule has 1 rings (SSSR count). The van der Waals surface area contributed by atoms with Crippen molar-refractivity contribution in [3.8, 4) is 0 Å². The smallest absolute Gasteiger partial charge is 0.230 e. The minimum absolute atomic E-state index is 0.110. The molecule has 0 unspecified atom stereocenters. The summed E-state index contributed by atoms with van der Waals surface area (Å²) < 4.78 is 1.12. The third-order valence-corrected chi connectivity index (χ3v) is 4.52. The first-order valence-electron chi connectivity index (χ1n) is 3.74. The molecule has 0 saturated heterocycles. The molecule has 0 saturated carbocycles. The van der Waals surface area contributed by atoms with Crippen molar-refractivity contribution in [3.05, 3.63) is 20.8 Å². The van der Waals surface area contributed by atoms with E-state index in [1.165, 1.54) is 4.88 Å². The van der Waals surface area contributed by atoms with Crippen LogP contribution < -0.4 is 5.73 Å². The van der Waals surface area contributed by atoms with Crippen LogP contribution in [0.1, 0.15) is 11.8 Å². The SMILES string of the molecule is C[C@H](SCc1ccc(Br)s1)C(N)=O. The molecule has 0 radical (unpaired) electrons. The molecule has 72 valence electrons. The fraction of sp³-hybridized carbons (Fsp3) is 0.375. The highest BCUT2D eigenvalue weighted by molar-refractivity contribution is 9.11. The first-order chi connectivity index (χ1) is 6.09. The molecule has 2 N–H and O–H groups in total. The average Bonchev–Trinajstić information content (AvgIpc) is 2.47. The van der Waals surface area contributed by atoms with Gasteiger partial charge in [0.2, 0.25) is 5.91 Å². The van der Waals surface area contributed by atoms with E-state index in [9.17, 15) is 4.79 Å². The minimum Gasteiger partial charge on any atom is -0.369 e. The van der Waals surface area contributed by atoms with E-state index in [-0.39, 0.29) is 11.2 Å². The lowest BCUT2D eigenvalue weighted by Gasteiger charge is -2.04. The zero-order chi connectivity index (χ0) is 9.84. The van der Waals surface area contributed by atoms with Crippen molar-refractivity contribution in [2.45, 2.75) is 17.9 Å². The average molecular weight is 280 g/mol. The summed E-state index contributed by atoms with van der Waals surface area (Å²) in [6.45, 7) is 1.83. The Morgan fingerprint density at radius 2 is 2.46 bits per heavy atom. The first-order valence-corrected chi connectivity index (χ1v) is 6.40. The van der Waals surface area contributed by atoms with Crippen LogP contribution in [0, 0.1) is 0 Å². The molecule has 0 aromatic carbocycles. The van der Waals surface area contributed by atoms with E-state index >= 15 is 0 Å². The normalized spacial score (nSPS) is 12.8. The minimum atomic E-state index is -0.249. The van der Waals surface area contributed by atoms with E-state index in [1.807, 2.05) is 13.0 Å². The molecule has 13 heavy (non-hydrogen) atoms. The zero-order valence-corrected chi connectivity index (χ0v) is 10.3. The summed E-state index contributed by atoms with van der Waals surface area (Å²) >= 11 is 6.64. The van der Waals surface area contributed by atoms with Crippen LogP contribution in [0.3, 0.4) is 0 Å². The highest BCUT2D eigenvalue weighted by Crippen LogP contribution is 2.26. The summed E-state index contributed by atoms with van der Waals surface area (Å²) in [5.74, 6) is 0.598. The monoisotopic (exact) mass is 279 g/mol. The van der Waals surface area contributed by atoms with E-state index in [2.05, 4.69) is 22.0 Å². The van der Waals surface area contributed by atoms with Crippen LogP contribution in [0.5, 0.6) is 0 Å². The molecule has 0 fully saturated rings. The Hall–Kier alpha value is -0.000000000000000111. The second-order valence-electron chi connectivity index (χ2n) is 2.56. The fourth-order valence-corrected chi connectivity index (χ4v) is 3.11. The Bertz CT molecular complexity index is 300. The van der Waals surface area contributed by atoms with Crippen molar-refractivity contribution in [2.24, 2.45) is 5.73 Å². The molecule has 0 aliphatic heterocycles. The largest absolute Gasteiger partial charge is 0.369 e. The van der Waals surface area contributed by atoms with Gasteiger partial charge in [0.15, 0.2) is 0 Å². The van der Waals surface area contributed by atoms with Crippen LogP contribution in [-0.2, 0) is 10.5 Å². The summed E-state index contributed by atoms with van der Waals surface area (Å²) in [6.07, 6.45) is 0. The lowest BCUT2D eigenvalue weighted by atomic mass is 10.5. The van der Waals surface area contributed by atoms with Crippen LogP contribution in [0.4, 0.5) is 0 Å². The third kappa shape index (κ3) is 3.70. The molecule has 0 aliphatic carbocycles. The number of carbonyl (C=O) groups is 1. The maximum Gasteiger partial charge on any atom is 0.230 e. The summed E-state index contributed by atoms with van der Waals surface area (Å²) in [7, 11) is 0. The summed E-state index contributed by atoms with van der Waals surface area (Å²) in [6, 6.07) is 4.06. The van der Waals surface area contributed by atoms with Crippen LogP contribution in [-0.4, -0.2) is 11.2 Å². The molecular weight excluding hydrogens is 270 g/mol. The molecule has 5 heteroatoms. The number of nitrogens with two attached hydrogens (primary N) is 1. The Labute approximate surface area is 94.0 Å². The van der Waals surface area contributed by atoms with Crippen LogP contribution in [0.15, 0.2) is 15.9 Å². The molecule has 1 aromatic rings. The maximum absolute atomic E-state index is 10.7. The van der Waals surface area contributed by atoms with Crippen molar-refractivity contribution in [1.82, 2.24) is 0 Å². The lowest BCUT2D eigenvalue weighted by Crippen LogP contribution is -2.22. The van der Waals surface area contributed by atoms with Gasteiger partial charge in [-0.2, -0.15) is 0 Å². The third-order valence-electron chi connectivity index (χ3n) is 1.51. The van der Waals surface area contributed by atoms with Crippen molar-refractivity contribution in [3.63, 3.8) is 0 Å². The van der Waals surface area contributed by atoms with E-state index in [0.717, 1.165) is 9.54 Å². The Kier molecular flexibility index (Phi) is 4.28. The van der Waals surface area contributed by atoms with Crippen LogP contribution in [0.25, 0.3) is 0 Å². The topological polar surface area (TPSA) is 43.1 Å². The highest BCUT2D eigenvalue weighted by Gasteiger charge is 2.09. The number of primary amides is 1. The Morgan fingerprint density at radius 3 is 2.92 bits per heavy atom. The fourth-order valence-electron chi connectivity index (χ4n) is 0.719. The number of thioether (sulfide) groups is 1. The van der Waals surface area contributed by atoms with Gasteiger partial charge >= 0.3 is 0 Å². The van der Waals surface area contributed by atoms with Gasteiger partial charge in [-0.1, -0.05) is 0 Å². The molecule has 0 spiro atoms. The highest BCUT2D eigenvalue weighted by atomic mass is 79.9. The van der Waals surface area contributed by atoms with Gasteiger partial charge in [-0.05, 0) is 35.0 Å². The van der Waals surface area contributed by atoms with Gasteiger partial charge in [-0.25, -0.2) is 0 Å². The van der Waals surface area contributed by atoms with E-state index < -0.39 is 0 Å². The Balaban J connectivity index is 2.39. The molecule has 1 aromatic heterocycles. The number of hydrogen-bond acceptors (Lipinski definition) is 3. The van der Waals surface area contributed by atoms with Crippen molar-refractivity contribution >= 4 is 44.9 Å². The van der Waals surface area contributed by atoms with Gasteiger partial charge < -0.3 is 5.73 Å². The number of halogens is 1. The van der Waals surface area contributed by atoms with Gasteiger partial charge in [0.05, 0.1) is 9.04 Å². The van der Waals surface area contributed by atoms with Gasteiger partial charge in [0.1, 0.15) is 0 Å². The molecule has 1 heterocycles. The van der Waals surface area contributed by atoms with Crippen molar-refractivity contribution < 1.29 is 4.79 Å². The van der Waals surface area contributed by atoms with E-state index in [4.69, 9.17) is 5.73 Å². The van der Waals surface area contributed by atoms with Crippen LogP contribution in [0.2, 0.25) is 0 Å². The maximum atomic E-state index is 10.7. The molecule has 0 bridgehead atoms. The standard InChI is InChI=1S/C8H10BrNOS2/c1-5(8(10)11)12-4-6-2-3-7(9)13-6/h2-3,5H,4H2,1H3,(H2,10,11)/t5-/m0/s1. The molecule has 2 nitrogen and oxygen atoms in total. The second-order valence-corrected chi connectivity index (χ2v) is 6.44. The predicted octanol–water partition coefficient (Wildman–Crippen LogP) is 2.62. The molecule has 1 amide bonds. The number of hydrogen-bond donors (Lipinski definition) is 1. The summed E-state index contributed by atoms with van der Waals surface area (Å²) in [5, 5.41) is -0.110. The van der Waals surface area contributed by atoms with Gasteiger partial charge in [0, 0.05) is 10.6 Å². The second kappa shape index (κ2) is 5.02. The van der Waals surface area contributed by atoms with E-state index in [1.54, 1.807) is 23.1 Å². The zero-order valence-electron chi connectivity index (χ0n) is 7.12. The number of carbonyl (C=O) groups excluding carboxylic acids is 1. The number of rotatable bonds is 4. The van der Waals surface area contributed by atoms with Gasteiger partial charge in [0.25, 0.3) is 0 Å². The van der Waals surface area contributed by atoms with E-state index in [0.29, 0.717) is 0 Å². The molecule has 0 aliphatic rings. The predicted molar refractivity (Wildman–Crippen MR) is 62.0 cm³/mol. The Morgan fingerprint density at radius 1 is 1.77 bits per heavy atom. The summed E-state index contributed by atoms with van der Waals surface area (Å²) in [5.41, 5.74) is 5.14. The van der Waals surface area contributed by atoms with Crippen molar-refractivity contribution in [1.29, 1.82) is 0 Å². The number of thiophene rings is 1. The first kappa shape index (κ1) is 11.1. The lowest BCUT2D eigenvalue weighted by molar-refractivity contribution is -0.117. The van der Waals surface area contributed by atoms with Gasteiger partial charge in [-0.15, -0.1) is 23.1 Å². The van der Waals surface area contributed by atoms with Gasteiger partial charge in [-0.3, -0.25) is 4.79 Å². The quantitative estimate of drug-likeness (QED) is 0.921. The number of amides is 1. The molecule has 1 atom stereocenters. The van der Waals surface area contributed by atoms with Crippen LogP contribution >= 0.6 is 39.0 Å². The summed E-state index contributed by atoms with van der Waals surface area (Å²) in [4.78, 5) is 12.0.